The molecule has 1 saturated heterocycles. The van der Waals surface area contributed by atoms with Gasteiger partial charge in [0.2, 0.25) is 5.88 Å². The molecule has 1 aliphatic rings. The van der Waals surface area contributed by atoms with E-state index in [-0.39, 0.29) is 5.82 Å². The molecule has 1 aliphatic heterocycles. The monoisotopic (exact) mass is 364 g/mol. The Morgan fingerprint density at radius 3 is 2.37 bits per heavy atom. The topological polar surface area (TPSA) is 41.5 Å². The Bertz CT molecular complexity index is 925. The van der Waals surface area contributed by atoms with Gasteiger partial charge in [0.1, 0.15) is 23.7 Å². The van der Waals surface area contributed by atoms with Crippen LogP contribution in [0.2, 0.25) is 0 Å². The highest BCUT2D eigenvalue weighted by atomic mass is 19.1. The first-order valence-corrected chi connectivity index (χ1v) is 9.01. The average Bonchev–Trinajstić information content (AvgIpc) is 2.71. The van der Waals surface area contributed by atoms with E-state index in [1.165, 1.54) is 12.4 Å². The molecule has 0 spiro atoms. The number of para-hydroxylation sites is 2. The molecule has 0 radical (unpaired) electrons. The van der Waals surface area contributed by atoms with E-state index in [9.17, 15) is 4.39 Å². The third-order valence-corrected chi connectivity index (χ3v) is 4.73. The van der Waals surface area contributed by atoms with E-state index in [0.717, 1.165) is 43.3 Å². The van der Waals surface area contributed by atoms with Gasteiger partial charge in [0.25, 0.3) is 0 Å². The van der Waals surface area contributed by atoms with Gasteiger partial charge in [-0.05, 0) is 30.7 Å². The number of anilines is 2. The van der Waals surface area contributed by atoms with Gasteiger partial charge in [-0.2, -0.15) is 0 Å². The zero-order valence-corrected chi connectivity index (χ0v) is 15.2. The lowest BCUT2D eigenvalue weighted by molar-refractivity contribution is 0.457. The van der Waals surface area contributed by atoms with Gasteiger partial charge >= 0.3 is 0 Å². The molecule has 0 N–H and O–H groups in total. The smallest absolute Gasteiger partial charge is 0.224 e. The van der Waals surface area contributed by atoms with Gasteiger partial charge in [0.05, 0.1) is 5.69 Å². The molecule has 1 aromatic heterocycles. The molecule has 3 aromatic rings. The predicted molar refractivity (Wildman–Crippen MR) is 104 cm³/mol. The quantitative estimate of drug-likeness (QED) is 0.699. The van der Waals surface area contributed by atoms with Crippen LogP contribution in [0.5, 0.6) is 11.6 Å². The van der Waals surface area contributed by atoms with Crippen LogP contribution >= 0.6 is 0 Å². The summed E-state index contributed by atoms with van der Waals surface area (Å²) < 4.78 is 19.9. The maximum Gasteiger partial charge on any atom is 0.224 e. The van der Waals surface area contributed by atoms with Crippen molar-refractivity contribution < 1.29 is 9.13 Å². The molecule has 0 bridgehead atoms. The number of benzene rings is 2. The van der Waals surface area contributed by atoms with Crippen LogP contribution in [0.25, 0.3) is 0 Å². The van der Waals surface area contributed by atoms with Crippen LogP contribution in [-0.4, -0.2) is 36.1 Å². The van der Waals surface area contributed by atoms with Gasteiger partial charge in [0, 0.05) is 32.2 Å². The van der Waals surface area contributed by atoms with Crippen molar-refractivity contribution in [2.24, 2.45) is 0 Å². The highest BCUT2D eigenvalue weighted by molar-refractivity contribution is 5.51. The summed E-state index contributed by atoms with van der Waals surface area (Å²) >= 11 is 0. The lowest BCUT2D eigenvalue weighted by atomic mass is 10.2. The molecule has 0 saturated carbocycles. The molecule has 2 heterocycles. The van der Waals surface area contributed by atoms with Gasteiger partial charge < -0.3 is 14.5 Å². The van der Waals surface area contributed by atoms with Gasteiger partial charge in [-0.3, -0.25) is 0 Å². The number of rotatable bonds is 4. The average molecular weight is 364 g/mol. The van der Waals surface area contributed by atoms with Crippen LogP contribution in [0, 0.1) is 12.7 Å². The molecule has 138 valence electrons. The lowest BCUT2D eigenvalue weighted by Gasteiger charge is -2.36. The van der Waals surface area contributed by atoms with E-state index in [1.807, 2.05) is 49.4 Å². The molecule has 0 amide bonds. The van der Waals surface area contributed by atoms with Crippen LogP contribution < -0.4 is 14.5 Å². The normalized spacial score (nSPS) is 14.3. The lowest BCUT2D eigenvalue weighted by Crippen LogP contribution is -2.47. The number of hydrogen-bond donors (Lipinski definition) is 0. The zero-order chi connectivity index (χ0) is 18.6. The summed E-state index contributed by atoms with van der Waals surface area (Å²) in [6, 6.07) is 16.6. The Morgan fingerprint density at radius 1 is 0.889 bits per heavy atom. The SMILES string of the molecule is Cc1ccccc1Oc1cc(N2CCN(c3ccccc3F)CC2)ncn1. The Morgan fingerprint density at radius 2 is 1.59 bits per heavy atom. The van der Waals surface area contributed by atoms with E-state index in [1.54, 1.807) is 6.07 Å². The molecule has 6 heteroatoms. The Hall–Kier alpha value is -3.15. The zero-order valence-electron chi connectivity index (χ0n) is 15.2. The van der Waals surface area contributed by atoms with Gasteiger partial charge in [0.15, 0.2) is 0 Å². The van der Waals surface area contributed by atoms with Crippen LogP contribution in [-0.2, 0) is 0 Å². The van der Waals surface area contributed by atoms with Crippen molar-refractivity contribution in [3.05, 3.63) is 72.3 Å². The molecule has 0 aliphatic carbocycles. The van der Waals surface area contributed by atoms with Crippen molar-refractivity contribution in [2.75, 3.05) is 36.0 Å². The maximum atomic E-state index is 14.0. The summed E-state index contributed by atoms with van der Waals surface area (Å²) in [7, 11) is 0. The second-order valence-electron chi connectivity index (χ2n) is 6.51. The number of nitrogens with zero attached hydrogens (tertiary/aromatic N) is 4. The van der Waals surface area contributed by atoms with E-state index >= 15 is 0 Å². The minimum Gasteiger partial charge on any atom is -0.439 e. The summed E-state index contributed by atoms with van der Waals surface area (Å²) in [5, 5.41) is 0. The number of hydrogen-bond acceptors (Lipinski definition) is 5. The Balaban J connectivity index is 1.44. The Kier molecular flexibility index (Phi) is 4.87. The molecule has 4 rings (SSSR count). The number of ether oxygens (including phenoxy) is 1. The van der Waals surface area contributed by atoms with Crippen LogP contribution in [0.15, 0.2) is 60.9 Å². The molecular weight excluding hydrogens is 343 g/mol. The van der Waals surface area contributed by atoms with Crippen molar-refractivity contribution in [3.63, 3.8) is 0 Å². The number of piperazine rings is 1. The van der Waals surface area contributed by atoms with E-state index < -0.39 is 0 Å². The molecule has 0 atom stereocenters. The number of halogens is 1. The second kappa shape index (κ2) is 7.61. The highest BCUT2D eigenvalue weighted by Gasteiger charge is 2.20. The van der Waals surface area contributed by atoms with Crippen molar-refractivity contribution in [1.82, 2.24) is 9.97 Å². The first kappa shape index (κ1) is 17.3. The molecule has 0 unspecified atom stereocenters. The third kappa shape index (κ3) is 3.84. The minimum absolute atomic E-state index is 0.179. The van der Waals surface area contributed by atoms with Crippen LogP contribution in [0.1, 0.15) is 5.56 Å². The van der Waals surface area contributed by atoms with Crippen LogP contribution in [0.3, 0.4) is 0 Å². The first-order valence-electron chi connectivity index (χ1n) is 9.01. The standard InChI is InChI=1S/C21H21FN4O/c1-16-6-2-5-9-19(16)27-21-14-20(23-15-24-21)26-12-10-25(11-13-26)18-8-4-3-7-17(18)22/h2-9,14-15H,10-13H2,1H3. The van der Waals surface area contributed by atoms with Crippen LogP contribution in [0.4, 0.5) is 15.9 Å². The largest absolute Gasteiger partial charge is 0.439 e. The molecule has 2 aromatic carbocycles. The van der Waals surface area contributed by atoms with Gasteiger partial charge in [-0.25, -0.2) is 14.4 Å². The predicted octanol–water partition coefficient (Wildman–Crippen LogP) is 4.04. The third-order valence-electron chi connectivity index (χ3n) is 4.73. The summed E-state index contributed by atoms with van der Waals surface area (Å²) in [4.78, 5) is 12.8. The molecular formula is C21H21FN4O. The second-order valence-corrected chi connectivity index (χ2v) is 6.51. The summed E-state index contributed by atoms with van der Waals surface area (Å²) in [5.41, 5.74) is 1.71. The fraction of sp³-hybridized carbons (Fsp3) is 0.238. The fourth-order valence-corrected chi connectivity index (χ4v) is 3.23. The summed E-state index contributed by atoms with van der Waals surface area (Å²) in [5.74, 6) is 1.95. The molecule has 27 heavy (non-hydrogen) atoms. The van der Waals surface area contributed by atoms with Crippen molar-refractivity contribution in [2.45, 2.75) is 6.92 Å². The first-order chi connectivity index (χ1) is 13.2. The summed E-state index contributed by atoms with van der Waals surface area (Å²) in [6.07, 6.45) is 1.52. The fourth-order valence-electron chi connectivity index (χ4n) is 3.23. The van der Waals surface area contributed by atoms with Crippen molar-refractivity contribution in [1.29, 1.82) is 0 Å². The van der Waals surface area contributed by atoms with E-state index in [4.69, 9.17) is 4.74 Å². The van der Waals surface area contributed by atoms with Gasteiger partial charge in [-0.15, -0.1) is 0 Å². The molecule has 1 fully saturated rings. The number of aromatic nitrogens is 2. The number of aryl methyl sites for hydroxylation is 1. The molecule has 5 nitrogen and oxygen atoms in total. The van der Waals surface area contributed by atoms with Crippen molar-refractivity contribution in [3.8, 4) is 11.6 Å². The van der Waals surface area contributed by atoms with Gasteiger partial charge in [-0.1, -0.05) is 30.3 Å². The maximum absolute atomic E-state index is 14.0. The van der Waals surface area contributed by atoms with Crippen molar-refractivity contribution >= 4 is 11.5 Å². The summed E-state index contributed by atoms with van der Waals surface area (Å²) in [6.45, 7) is 4.99. The minimum atomic E-state index is -0.179. The Labute approximate surface area is 158 Å². The highest BCUT2D eigenvalue weighted by Crippen LogP contribution is 2.26. The van der Waals surface area contributed by atoms with E-state index in [0.29, 0.717) is 11.6 Å². The van der Waals surface area contributed by atoms with E-state index in [2.05, 4.69) is 19.8 Å².